The van der Waals surface area contributed by atoms with Crippen molar-refractivity contribution in [3.63, 3.8) is 0 Å². The van der Waals surface area contributed by atoms with Gasteiger partial charge in [0.15, 0.2) is 8.32 Å². The highest BCUT2D eigenvalue weighted by molar-refractivity contribution is 6.74. The molecule has 7 heteroatoms. The molecule has 1 heterocycles. The van der Waals surface area contributed by atoms with Crippen molar-refractivity contribution < 1.29 is 13.9 Å². The number of aryl methyl sites for hydroxylation is 1. The molecule has 0 N–H and O–H groups in total. The molecule has 2 aromatic carbocycles. The number of ether oxygens (including phenoxy) is 2. The Labute approximate surface area is 236 Å². The highest BCUT2D eigenvalue weighted by Gasteiger charge is 2.41. The second kappa shape index (κ2) is 13.3. The molecule has 0 aliphatic rings. The third-order valence-corrected chi connectivity index (χ3v) is 12.5. The van der Waals surface area contributed by atoms with Gasteiger partial charge in [0.1, 0.15) is 11.5 Å². The lowest BCUT2D eigenvalue weighted by atomic mass is 9.89. The van der Waals surface area contributed by atoms with Gasteiger partial charge in [0.05, 0.1) is 39.0 Å². The second-order valence-corrected chi connectivity index (χ2v) is 16.6. The number of rotatable bonds is 13. The molecule has 0 spiro atoms. The first kappa shape index (κ1) is 30.5. The van der Waals surface area contributed by atoms with Gasteiger partial charge in [0.2, 0.25) is 0 Å². The minimum atomic E-state index is -2.16. The van der Waals surface area contributed by atoms with Crippen molar-refractivity contribution in [3.8, 4) is 17.6 Å². The lowest BCUT2D eigenvalue weighted by Gasteiger charge is -2.42. The summed E-state index contributed by atoms with van der Waals surface area (Å²) in [5, 5.41) is 13.8. The van der Waals surface area contributed by atoms with Crippen molar-refractivity contribution in [2.24, 2.45) is 5.92 Å². The van der Waals surface area contributed by atoms with Crippen molar-refractivity contribution in [3.05, 3.63) is 77.1 Å². The zero-order valence-electron chi connectivity index (χ0n) is 25.0. The summed E-state index contributed by atoms with van der Waals surface area (Å²) in [5.41, 5.74) is 4.31. The Morgan fingerprint density at radius 1 is 1.03 bits per heavy atom. The molecular formula is C32H45N3O3Si. The van der Waals surface area contributed by atoms with Gasteiger partial charge in [0.25, 0.3) is 0 Å². The number of hydrogen-bond acceptors (Lipinski definition) is 5. The average Bonchev–Trinajstić information content (AvgIpc) is 3.34. The van der Waals surface area contributed by atoms with Gasteiger partial charge in [-0.2, -0.15) is 10.4 Å². The van der Waals surface area contributed by atoms with Gasteiger partial charge in [-0.05, 0) is 67.6 Å². The van der Waals surface area contributed by atoms with Crippen molar-refractivity contribution in [2.75, 3.05) is 14.2 Å². The van der Waals surface area contributed by atoms with Crippen molar-refractivity contribution >= 4 is 8.32 Å². The van der Waals surface area contributed by atoms with Crippen LogP contribution in [-0.4, -0.2) is 32.3 Å². The first-order valence-corrected chi connectivity index (χ1v) is 16.7. The fourth-order valence-electron chi connectivity index (χ4n) is 4.68. The molecule has 0 unspecified atom stereocenters. The lowest BCUT2D eigenvalue weighted by Crippen LogP contribution is -2.43. The topological polar surface area (TPSA) is 69.3 Å². The standard InChI is InChI=1S/C32H45N3O3Si/c1-24-29(36-5)19-28(20-30(24)37-6)31(38-39(7,8)32(2,3)4)27(16-12-15-25-13-10-9-11-14-25)23-35-22-26(17-18-33)21-34-35/h9-11,13-14,19-22,27,31H,12,15-17,23H2,1-8H3/t27-,31-/m0/s1. The Hall–Kier alpha value is -3.08. The van der Waals surface area contributed by atoms with E-state index < -0.39 is 8.32 Å². The molecule has 0 saturated heterocycles. The smallest absolute Gasteiger partial charge is 0.192 e. The number of methoxy groups -OCH3 is 2. The minimum Gasteiger partial charge on any atom is -0.496 e. The fraction of sp³-hybridized carbons (Fsp3) is 0.500. The molecule has 0 fully saturated rings. The van der Waals surface area contributed by atoms with E-state index in [-0.39, 0.29) is 17.1 Å². The van der Waals surface area contributed by atoms with Gasteiger partial charge in [-0.25, -0.2) is 0 Å². The fourth-order valence-corrected chi connectivity index (χ4v) is 6.00. The maximum absolute atomic E-state index is 9.17. The predicted octanol–water partition coefficient (Wildman–Crippen LogP) is 7.68. The molecule has 3 rings (SSSR count). The summed E-state index contributed by atoms with van der Waals surface area (Å²) in [6.45, 7) is 14.2. The summed E-state index contributed by atoms with van der Waals surface area (Å²) in [6, 6.07) is 17.1. The van der Waals surface area contributed by atoms with E-state index in [0.717, 1.165) is 47.5 Å². The van der Waals surface area contributed by atoms with Crippen LogP contribution in [0.5, 0.6) is 11.5 Å². The Kier molecular flexibility index (Phi) is 10.4. The minimum absolute atomic E-state index is 0.0460. The summed E-state index contributed by atoms with van der Waals surface area (Å²) in [5.74, 6) is 1.74. The van der Waals surface area contributed by atoms with E-state index in [0.29, 0.717) is 13.0 Å². The zero-order chi connectivity index (χ0) is 28.6. The van der Waals surface area contributed by atoms with E-state index in [1.165, 1.54) is 5.56 Å². The maximum atomic E-state index is 9.17. The molecule has 0 aliphatic heterocycles. The Balaban J connectivity index is 2.05. The number of nitriles is 1. The second-order valence-electron chi connectivity index (χ2n) is 11.9. The van der Waals surface area contributed by atoms with Crippen molar-refractivity contribution in [1.29, 1.82) is 5.26 Å². The number of nitrogens with zero attached hydrogens (tertiary/aromatic N) is 3. The highest BCUT2D eigenvalue weighted by Crippen LogP contribution is 2.44. The molecule has 210 valence electrons. The Bertz CT molecular complexity index is 1220. The van der Waals surface area contributed by atoms with E-state index in [1.54, 1.807) is 20.4 Å². The largest absolute Gasteiger partial charge is 0.496 e. The third-order valence-electron chi connectivity index (χ3n) is 8.03. The van der Waals surface area contributed by atoms with E-state index in [1.807, 2.05) is 17.8 Å². The van der Waals surface area contributed by atoms with Crippen LogP contribution in [0.4, 0.5) is 0 Å². The van der Waals surface area contributed by atoms with Gasteiger partial charge in [0, 0.05) is 29.8 Å². The molecular weight excluding hydrogens is 502 g/mol. The van der Waals surface area contributed by atoms with Crippen LogP contribution in [0.15, 0.2) is 54.9 Å². The van der Waals surface area contributed by atoms with Gasteiger partial charge < -0.3 is 13.9 Å². The molecule has 1 aromatic heterocycles. The summed E-state index contributed by atoms with van der Waals surface area (Å²) in [4.78, 5) is 0. The monoisotopic (exact) mass is 547 g/mol. The first-order valence-electron chi connectivity index (χ1n) is 13.8. The molecule has 3 aromatic rings. The first-order chi connectivity index (χ1) is 18.5. The molecule has 0 saturated carbocycles. The van der Waals surface area contributed by atoms with E-state index in [2.05, 4.69) is 87.5 Å². The van der Waals surface area contributed by atoms with Crippen LogP contribution in [0.3, 0.4) is 0 Å². The average molecular weight is 548 g/mol. The summed E-state index contributed by atoms with van der Waals surface area (Å²) < 4.78 is 20.8. The van der Waals surface area contributed by atoms with Crippen LogP contribution >= 0.6 is 0 Å². The van der Waals surface area contributed by atoms with E-state index >= 15 is 0 Å². The predicted molar refractivity (Wildman–Crippen MR) is 160 cm³/mol. The molecule has 0 amide bonds. The van der Waals surface area contributed by atoms with Crippen molar-refractivity contribution in [2.45, 2.75) is 84.2 Å². The van der Waals surface area contributed by atoms with Crippen LogP contribution in [0.1, 0.15) is 62.0 Å². The summed E-state index contributed by atoms with van der Waals surface area (Å²) in [7, 11) is 1.24. The van der Waals surface area contributed by atoms with Gasteiger partial charge >= 0.3 is 0 Å². The highest BCUT2D eigenvalue weighted by atomic mass is 28.4. The summed E-state index contributed by atoms with van der Waals surface area (Å²) >= 11 is 0. The van der Waals surface area contributed by atoms with E-state index in [4.69, 9.17) is 13.9 Å². The molecule has 39 heavy (non-hydrogen) atoms. The van der Waals surface area contributed by atoms with Crippen LogP contribution in [0.2, 0.25) is 18.1 Å². The maximum Gasteiger partial charge on any atom is 0.192 e. The molecule has 0 aliphatic carbocycles. The normalized spacial score (nSPS) is 13.5. The molecule has 2 atom stereocenters. The molecule has 0 radical (unpaired) electrons. The molecule has 6 nitrogen and oxygen atoms in total. The molecule has 0 bridgehead atoms. The van der Waals surface area contributed by atoms with Gasteiger partial charge in [-0.1, -0.05) is 51.1 Å². The Morgan fingerprint density at radius 3 is 2.23 bits per heavy atom. The number of aromatic nitrogens is 2. The zero-order valence-corrected chi connectivity index (χ0v) is 26.0. The van der Waals surface area contributed by atoms with Crippen molar-refractivity contribution in [1.82, 2.24) is 9.78 Å². The summed E-state index contributed by atoms with van der Waals surface area (Å²) in [6.07, 6.45) is 6.96. The Morgan fingerprint density at radius 2 is 1.67 bits per heavy atom. The van der Waals surface area contributed by atoms with Crippen LogP contribution in [0.25, 0.3) is 0 Å². The van der Waals surface area contributed by atoms with Crippen LogP contribution in [-0.2, 0) is 23.8 Å². The van der Waals surface area contributed by atoms with Gasteiger partial charge in [-0.15, -0.1) is 0 Å². The van der Waals surface area contributed by atoms with E-state index in [9.17, 15) is 5.26 Å². The lowest BCUT2D eigenvalue weighted by molar-refractivity contribution is 0.0970. The van der Waals surface area contributed by atoms with Crippen LogP contribution < -0.4 is 9.47 Å². The SMILES string of the molecule is COc1cc([C@@H](O[Si](C)(C)C(C)(C)C)[C@@H](CCCc2ccccc2)Cn2cc(CC#N)cn2)cc(OC)c1C. The van der Waals surface area contributed by atoms with Gasteiger partial charge in [-0.3, -0.25) is 4.68 Å². The number of hydrogen-bond donors (Lipinski definition) is 0. The third kappa shape index (κ3) is 7.97. The van der Waals surface area contributed by atoms with Crippen LogP contribution in [0, 0.1) is 24.2 Å². The number of benzene rings is 2. The quantitative estimate of drug-likeness (QED) is 0.205.